The van der Waals surface area contributed by atoms with Crippen LogP contribution in [0.25, 0.3) is 0 Å². The van der Waals surface area contributed by atoms with E-state index in [1.165, 1.54) is 44.2 Å². The maximum atomic E-state index is 2.75. The van der Waals surface area contributed by atoms with E-state index in [1.54, 1.807) is 11.1 Å². The van der Waals surface area contributed by atoms with E-state index in [9.17, 15) is 0 Å². The van der Waals surface area contributed by atoms with Crippen molar-refractivity contribution in [2.45, 2.75) is 58.0 Å². The average molecular weight is 229 g/mol. The molecule has 1 heteroatoms. The fourth-order valence-corrected chi connectivity index (χ4v) is 3.65. The summed E-state index contributed by atoms with van der Waals surface area (Å²) in [5, 5.41) is 0. The van der Waals surface area contributed by atoms with Crippen LogP contribution >= 0.6 is 0 Å². The standard InChI is InChI=1S/C16H23N/c1-12-5-6-15-11-16(8-7-14(15)10-12)17-9-3-4-13(17)2/h5-6,10,13,16H,3-4,7-9,11H2,1-2H3/t13-,16-/m0/s1. The number of likely N-dealkylation sites (tertiary alicyclic amines) is 1. The van der Waals surface area contributed by atoms with Crippen LogP contribution in [0.3, 0.4) is 0 Å². The van der Waals surface area contributed by atoms with Gasteiger partial charge in [0.1, 0.15) is 0 Å². The van der Waals surface area contributed by atoms with Gasteiger partial charge in [-0.3, -0.25) is 4.90 Å². The third-order valence-electron chi connectivity index (χ3n) is 4.64. The van der Waals surface area contributed by atoms with Gasteiger partial charge in [-0.2, -0.15) is 0 Å². The molecule has 1 aliphatic heterocycles. The molecule has 1 aromatic carbocycles. The first kappa shape index (κ1) is 11.3. The lowest BCUT2D eigenvalue weighted by Gasteiger charge is -2.35. The van der Waals surface area contributed by atoms with Gasteiger partial charge in [0.25, 0.3) is 0 Å². The molecule has 2 atom stereocenters. The summed E-state index contributed by atoms with van der Waals surface area (Å²) in [6, 6.07) is 8.64. The Kier molecular flexibility index (Phi) is 2.96. The minimum atomic E-state index is 0.808. The summed E-state index contributed by atoms with van der Waals surface area (Å²) < 4.78 is 0. The molecule has 0 radical (unpaired) electrons. The van der Waals surface area contributed by atoms with Crippen LogP contribution in [0.15, 0.2) is 18.2 Å². The predicted octanol–water partition coefficient (Wildman–Crippen LogP) is 3.34. The lowest BCUT2D eigenvalue weighted by atomic mass is 9.86. The van der Waals surface area contributed by atoms with Gasteiger partial charge >= 0.3 is 0 Å². The molecule has 0 amide bonds. The van der Waals surface area contributed by atoms with Crippen LogP contribution in [-0.4, -0.2) is 23.5 Å². The van der Waals surface area contributed by atoms with E-state index in [-0.39, 0.29) is 0 Å². The first-order chi connectivity index (χ1) is 8.24. The molecule has 3 rings (SSSR count). The molecule has 0 unspecified atom stereocenters. The molecule has 0 bridgehead atoms. The smallest absolute Gasteiger partial charge is 0.0142 e. The third kappa shape index (κ3) is 2.13. The molecule has 0 aromatic heterocycles. The van der Waals surface area contributed by atoms with Crippen LogP contribution in [0.4, 0.5) is 0 Å². The zero-order valence-corrected chi connectivity index (χ0v) is 11.1. The summed E-state index contributed by atoms with van der Waals surface area (Å²) in [4.78, 5) is 2.75. The van der Waals surface area contributed by atoms with Crippen molar-refractivity contribution in [1.29, 1.82) is 0 Å². The summed E-state index contributed by atoms with van der Waals surface area (Å²) in [6.07, 6.45) is 6.72. The molecule has 1 nitrogen and oxygen atoms in total. The topological polar surface area (TPSA) is 3.24 Å². The van der Waals surface area contributed by atoms with Crippen LogP contribution in [0.5, 0.6) is 0 Å². The predicted molar refractivity (Wildman–Crippen MR) is 72.4 cm³/mol. The van der Waals surface area contributed by atoms with Gasteiger partial charge in [-0.05, 0) is 63.6 Å². The van der Waals surface area contributed by atoms with E-state index in [0.717, 1.165) is 12.1 Å². The summed E-state index contributed by atoms with van der Waals surface area (Å²) in [5.74, 6) is 0. The molecule has 92 valence electrons. The van der Waals surface area contributed by atoms with Gasteiger partial charge in [0.15, 0.2) is 0 Å². The van der Waals surface area contributed by atoms with Crippen molar-refractivity contribution < 1.29 is 0 Å². The van der Waals surface area contributed by atoms with Crippen LogP contribution in [0.1, 0.15) is 42.9 Å². The summed E-state index contributed by atoms with van der Waals surface area (Å²) in [5.41, 5.74) is 4.62. The molecular weight excluding hydrogens is 206 g/mol. The van der Waals surface area contributed by atoms with Crippen molar-refractivity contribution in [3.63, 3.8) is 0 Å². The Hall–Kier alpha value is -0.820. The minimum absolute atomic E-state index is 0.808. The molecule has 0 saturated carbocycles. The quantitative estimate of drug-likeness (QED) is 0.714. The van der Waals surface area contributed by atoms with Gasteiger partial charge in [-0.15, -0.1) is 0 Å². The Balaban J connectivity index is 1.78. The van der Waals surface area contributed by atoms with Crippen molar-refractivity contribution in [3.8, 4) is 0 Å². The van der Waals surface area contributed by atoms with E-state index in [1.807, 2.05) is 0 Å². The first-order valence-corrected chi connectivity index (χ1v) is 7.08. The van der Waals surface area contributed by atoms with Crippen molar-refractivity contribution >= 4 is 0 Å². The lowest BCUT2D eigenvalue weighted by Crippen LogP contribution is -2.41. The fraction of sp³-hybridized carbons (Fsp3) is 0.625. The Bertz CT molecular complexity index is 410. The number of nitrogens with zero attached hydrogens (tertiary/aromatic N) is 1. The highest BCUT2D eigenvalue weighted by molar-refractivity contribution is 5.34. The summed E-state index contributed by atoms with van der Waals surface area (Å²) >= 11 is 0. The van der Waals surface area contributed by atoms with Crippen molar-refractivity contribution in [3.05, 3.63) is 34.9 Å². The third-order valence-corrected chi connectivity index (χ3v) is 4.64. The number of hydrogen-bond donors (Lipinski definition) is 0. The van der Waals surface area contributed by atoms with Gasteiger partial charge in [0.05, 0.1) is 0 Å². The second-order valence-electron chi connectivity index (χ2n) is 5.90. The minimum Gasteiger partial charge on any atom is -0.297 e. The Morgan fingerprint density at radius 2 is 2.06 bits per heavy atom. The molecule has 1 heterocycles. The van der Waals surface area contributed by atoms with E-state index in [4.69, 9.17) is 0 Å². The van der Waals surface area contributed by atoms with E-state index >= 15 is 0 Å². The molecule has 0 N–H and O–H groups in total. The zero-order chi connectivity index (χ0) is 11.8. The van der Waals surface area contributed by atoms with Gasteiger partial charge in [-0.25, -0.2) is 0 Å². The van der Waals surface area contributed by atoms with Gasteiger partial charge in [0, 0.05) is 12.1 Å². The van der Waals surface area contributed by atoms with Crippen molar-refractivity contribution in [2.75, 3.05) is 6.54 Å². The number of hydrogen-bond acceptors (Lipinski definition) is 1. The van der Waals surface area contributed by atoms with Gasteiger partial charge < -0.3 is 0 Å². The molecule has 17 heavy (non-hydrogen) atoms. The Morgan fingerprint density at radius 3 is 2.82 bits per heavy atom. The normalized spacial score (nSPS) is 29.3. The highest BCUT2D eigenvalue weighted by atomic mass is 15.2. The molecule has 1 fully saturated rings. The van der Waals surface area contributed by atoms with Crippen molar-refractivity contribution in [2.24, 2.45) is 0 Å². The SMILES string of the molecule is Cc1ccc2c(c1)CC[C@H](N1CCC[C@@H]1C)C2. The summed E-state index contributed by atoms with van der Waals surface area (Å²) in [6.45, 7) is 5.93. The molecule has 1 aromatic rings. The lowest BCUT2D eigenvalue weighted by molar-refractivity contribution is 0.174. The largest absolute Gasteiger partial charge is 0.297 e. The highest BCUT2D eigenvalue weighted by Crippen LogP contribution is 2.29. The van der Waals surface area contributed by atoms with Crippen molar-refractivity contribution in [1.82, 2.24) is 4.90 Å². The van der Waals surface area contributed by atoms with Gasteiger partial charge in [0.2, 0.25) is 0 Å². The van der Waals surface area contributed by atoms with Crippen LogP contribution < -0.4 is 0 Å². The second-order valence-corrected chi connectivity index (χ2v) is 5.90. The number of benzene rings is 1. The van der Waals surface area contributed by atoms with E-state index in [0.29, 0.717) is 0 Å². The number of fused-ring (bicyclic) bond motifs is 1. The average Bonchev–Trinajstić information content (AvgIpc) is 2.75. The van der Waals surface area contributed by atoms with E-state index < -0.39 is 0 Å². The van der Waals surface area contributed by atoms with Crippen LogP contribution in [0.2, 0.25) is 0 Å². The van der Waals surface area contributed by atoms with Gasteiger partial charge in [-0.1, -0.05) is 23.8 Å². The second kappa shape index (κ2) is 4.45. The monoisotopic (exact) mass is 229 g/mol. The van der Waals surface area contributed by atoms with Crippen LogP contribution in [0, 0.1) is 6.92 Å². The Labute approximate surface area is 105 Å². The van der Waals surface area contributed by atoms with E-state index in [2.05, 4.69) is 36.9 Å². The summed E-state index contributed by atoms with van der Waals surface area (Å²) in [7, 11) is 0. The maximum absolute atomic E-state index is 2.75. The Morgan fingerprint density at radius 1 is 1.18 bits per heavy atom. The number of rotatable bonds is 1. The molecule has 2 aliphatic rings. The maximum Gasteiger partial charge on any atom is 0.0142 e. The molecule has 1 saturated heterocycles. The zero-order valence-electron chi connectivity index (χ0n) is 11.1. The van der Waals surface area contributed by atoms with Crippen LogP contribution in [-0.2, 0) is 12.8 Å². The number of aryl methyl sites for hydroxylation is 2. The fourth-order valence-electron chi connectivity index (χ4n) is 3.65. The molecular formula is C16H23N. The molecule has 1 aliphatic carbocycles. The molecule has 0 spiro atoms. The highest BCUT2D eigenvalue weighted by Gasteiger charge is 2.30. The first-order valence-electron chi connectivity index (χ1n) is 7.08.